The van der Waals surface area contributed by atoms with E-state index in [1.54, 1.807) is 0 Å². The average molecular weight is 390 g/mol. The second-order valence-electron chi connectivity index (χ2n) is 8.82. The number of piperidine rings is 1. The number of hydrogen-bond acceptors (Lipinski definition) is 3. The van der Waals surface area contributed by atoms with Crippen LogP contribution in [0.3, 0.4) is 0 Å². The number of amides is 1. The van der Waals surface area contributed by atoms with E-state index < -0.39 is 0 Å². The number of likely N-dealkylation sites (tertiary alicyclic amines) is 3. The van der Waals surface area contributed by atoms with Gasteiger partial charge in [0.25, 0.3) is 0 Å². The second-order valence-corrected chi connectivity index (χ2v) is 8.82. The van der Waals surface area contributed by atoms with E-state index in [1.807, 2.05) is 0 Å². The molecule has 1 amide bonds. The lowest BCUT2D eigenvalue weighted by atomic mass is 9.90. The molecule has 0 unspecified atom stereocenters. The van der Waals surface area contributed by atoms with Gasteiger partial charge in [-0.15, -0.1) is 0 Å². The Morgan fingerprint density at radius 2 is 1.34 bits per heavy atom. The van der Waals surface area contributed by atoms with Crippen LogP contribution in [-0.2, 0) is 4.79 Å². The zero-order chi connectivity index (χ0) is 19.6. The highest BCUT2D eigenvalue weighted by Crippen LogP contribution is 2.34. The molecule has 4 heteroatoms. The number of nitrogens with zero attached hydrogens (tertiary/aromatic N) is 3. The average Bonchev–Trinajstić information content (AvgIpc) is 2.70. The fourth-order valence-corrected chi connectivity index (χ4v) is 5.12. The van der Waals surface area contributed by atoms with Crippen LogP contribution in [0, 0.1) is 5.92 Å². The topological polar surface area (TPSA) is 26.8 Å². The Labute approximate surface area is 174 Å². The fourth-order valence-electron chi connectivity index (χ4n) is 5.12. The van der Waals surface area contributed by atoms with Crippen molar-refractivity contribution in [3.8, 4) is 0 Å². The molecule has 3 heterocycles. The summed E-state index contributed by atoms with van der Waals surface area (Å²) in [5.41, 5.74) is 2.74. The summed E-state index contributed by atoms with van der Waals surface area (Å²) >= 11 is 0. The molecule has 0 aliphatic carbocycles. The summed E-state index contributed by atoms with van der Waals surface area (Å²) in [6.07, 6.45) is 3.26. The molecule has 152 valence electrons. The molecule has 0 saturated carbocycles. The van der Waals surface area contributed by atoms with Crippen molar-refractivity contribution in [1.29, 1.82) is 0 Å². The highest BCUT2D eigenvalue weighted by atomic mass is 16.2. The maximum absolute atomic E-state index is 12.5. The number of hydrogen-bond donors (Lipinski definition) is 0. The zero-order valence-corrected chi connectivity index (χ0v) is 17.1. The van der Waals surface area contributed by atoms with Gasteiger partial charge in [-0.3, -0.25) is 14.6 Å². The van der Waals surface area contributed by atoms with Crippen LogP contribution in [0.25, 0.3) is 0 Å². The first-order valence-corrected chi connectivity index (χ1v) is 11.2. The first-order chi connectivity index (χ1) is 14.3. The van der Waals surface area contributed by atoms with E-state index in [2.05, 4.69) is 75.4 Å². The van der Waals surface area contributed by atoms with Crippen molar-refractivity contribution in [1.82, 2.24) is 14.7 Å². The van der Waals surface area contributed by atoms with Gasteiger partial charge in [0.05, 0.1) is 6.04 Å². The van der Waals surface area contributed by atoms with Crippen LogP contribution < -0.4 is 0 Å². The molecule has 0 atom stereocenters. The number of carbonyl (C=O) groups excluding carboxylic acids is 1. The van der Waals surface area contributed by atoms with Crippen molar-refractivity contribution in [2.24, 2.45) is 5.92 Å². The van der Waals surface area contributed by atoms with E-state index in [0.29, 0.717) is 18.0 Å². The third-order valence-electron chi connectivity index (χ3n) is 7.05. The molecule has 2 aromatic carbocycles. The van der Waals surface area contributed by atoms with Crippen molar-refractivity contribution < 1.29 is 4.79 Å². The molecule has 3 aliphatic rings. The molecule has 0 spiro atoms. The van der Waals surface area contributed by atoms with Crippen molar-refractivity contribution in [2.45, 2.75) is 31.3 Å². The summed E-state index contributed by atoms with van der Waals surface area (Å²) in [6, 6.07) is 22.7. The second kappa shape index (κ2) is 8.29. The first-order valence-electron chi connectivity index (χ1n) is 11.2. The lowest BCUT2D eigenvalue weighted by Gasteiger charge is -2.51. The molecule has 29 heavy (non-hydrogen) atoms. The Morgan fingerprint density at radius 1 is 0.793 bits per heavy atom. The maximum Gasteiger partial charge on any atom is 0.225 e. The van der Waals surface area contributed by atoms with Crippen LogP contribution in [-0.4, -0.2) is 65.9 Å². The van der Waals surface area contributed by atoms with Gasteiger partial charge >= 0.3 is 0 Å². The molecule has 0 radical (unpaired) electrons. The van der Waals surface area contributed by atoms with E-state index in [1.165, 1.54) is 17.5 Å². The van der Waals surface area contributed by atoms with E-state index in [-0.39, 0.29) is 5.92 Å². The van der Waals surface area contributed by atoms with Gasteiger partial charge in [0.1, 0.15) is 0 Å². The summed E-state index contributed by atoms with van der Waals surface area (Å²) < 4.78 is 0. The smallest absolute Gasteiger partial charge is 0.225 e. The summed E-state index contributed by atoms with van der Waals surface area (Å²) in [4.78, 5) is 19.8. The Balaban J connectivity index is 1.20. The minimum absolute atomic E-state index is 0.268. The molecule has 0 N–H and O–H groups in total. The van der Waals surface area contributed by atoms with Crippen molar-refractivity contribution in [2.75, 3.05) is 39.3 Å². The zero-order valence-electron chi connectivity index (χ0n) is 17.1. The Bertz CT molecular complexity index is 767. The number of benzene rings is 2. The molecule has 4 nitrogen and oxygen atoms in total. The van der Waals surface area contributed by atoms with E-state index in [4.69, 9.17) is 0 Å². The van der Waals surface area contributed by atoms with Gasteiger partial charge in [0, 0.05) is 38.1 Å². The molecule has 3 saturated heterocycles. The number of carbonyl (C=O) groups is 1. The highest BCUT2D eigenvalue weighted by molar-refractivity contribution is 5.79. The van der Waals surface area contributed by atoms with Crippen LogP contribution in [0.15, 0.2) is 60.7 Å². The summed E-state index contributed by atoms with van der Waals surface area (Å²) in [6.45, 7) is 6.33. The Kier molecular flexibility index (Phi) is 5.38. The van der Waals surface area contributed by atoms with Gasteiger partial charge < -0.3 is 4.90 Å². The molecular weight excluding hydrogens is 358 g/mol. The SMILES string of the molecule is O=C(C1CCN(C2CN(C(c3ccccc3)c3ccccc3)C2)CC1)N1CCC1. The highest BCUT2D eigenvalue weighted by Gasteiger charge is 2.39. The quantitative estimate of drug-likeness (QED) is 0.784. The summed E-state index contributed by atoms with van der Waals surface area (Å²) in [5.74, 6) is 0.684. The van der Waals surface area contributed by atoms with Crippen molar-refractivity contribution >= 4 is 5.91 Å². The number of rotatable bonds is 5. The van der Waals surface area contributed by atoms with Gasteiger partial charge in [0.2, 0.25) is 5.91 Å². The molecule has 3 aliphatic heterocycles. The third kappa shape index (κ3) is 3.84. The van der Waals surface area contributed by atoms with Gasteiger partial charge in [-0.2, -0.15) is 0 Å². The maximum atomic E-state index is 12.5. The van der Waals surface area contributed by atoms with Crippen molar-refractivity contribution in [3.05, 3.63) is 71.8 Å². The molecular formula is C25H31N3O. The summed E-state index contributed by atoms with van der Waals surface area (Å²) in [5, 5.41) is 0. The minimum Gasteiger partial charge on any atom is -0.342 e. The van der Waals surface area contributed by atoms with E-state index >= 15 is 0 Å². The Morgan fingerprint density at radius 3 is 1.83 bits per heavy atom. The predicted octanol–water partition coefficient (Wildman–Crippen LogP) is 3.40. The van der Waals surface area contributed by atoms with Crippen LogP contribution in [0.4, 0.5) is 0 Å². The van der Waals surface area contributed by atoms with Gasteiger partial charge in [0.15, 0.2) is 0 Å². The van der Waals surface area contributed by atoms with Crippen LogP contribution in [0.5, 0.6) is 0 Å². The van der Waals surface area contributed by atoms with Gasteiger partial charge in [-0.25, -0.2) is 0 Å². The van der Waals surface area contributed by atoms with E-state index in [0.717, 1.165) is 52.1 Å². The van der Waals surface area contributed by atoms with Gasteiger partial charge in [-0.1, -0.05) is 60.7 Å². The molecule has 5 rings (SSSR count). The van der Waals surface area contributed by atoms with Crippen LogP contribution in [0.1, 0.15) is 36.4 Å². The van der Waals surface area contributed by atoms with Crippen molar-refractivity contribution in [3.63, 3.8) is 0 Å². The van der Waals surface area contributed by atoms with Crippen LogP contribution in [0.2, 0.25) is 0 Å². The molecule has 2 aromatic rings. The lowest BCUT2D eigenvalue weighted by molar-refractivity contribution is -0.141. The molecule has 3 fully saturated rings. The normalized spacial score (nSPS) is 21.8. The third-order valence-corrected chi connectivity index (χ3v) is 7.05. The van der Waals surface area contributed by atoms with Gasteiger partial charge in [-0.05, 0) is 43.5 Å². The largest absolute Gasteiger partial charge is 0.342 e. The predicted molar refractivity (Wildman–Crippen MR) is 116 cm³/mol. The van der Waals surface area contributed by atoms with Crippen LogP contribution >= 0.6 is 0 Å². The Hall–Kier alpha value is -2.17. The molecule has 0 aromatic heterocycles. The van der Waals surface area contributed by atoms with E-state index in [9.17, 15) is 4.79 Å². The monoisotopic (exact) mass is 389 g/mol. The standard InChI is InChI=1S/C25H31N3O/c29-25(27-14-7-15-27)22-12-16-26(17-13-22)23-18-28(19-23)24(20-8-3-1-4-9-20)21-10-5-2-6-11-21/h1-6,8-11,22-24H,7,12-19H2. The fraction of sp³-hybridized carbons (Fsp3) is 0.480. The summed E-state index contributed by atoms with van der Waals surface area (Å²) in [7, 11) is 0. The lowest BCUT2D eigenvalue weighted by Crippen LogP contribution is -2.62. The molecule has 0 bridgehead atoms. The minimum atomic E-state index is 0.268. The first kappa shape index (κ1) is 18.8.